The number of tetrazole rings is 1. The molecule has 0 radical (unpaired) electrons. The van der Waals surface area contributed by atoms with Gasteiger partial charge in [-0.1, -0.05) is 0 Å². The van der Waals surface area contributed by atoms with Crippen molar-refractivity contribution in [3.63, 3.8) is 0 Å². The number of ether oxygens (including phenoxy) is 1. The van der Waals surface area contributed by atoms with Gasteiger partial charge in [-0.15, -0.1) is 28.5 Å². The fraction of sp³-hybridized carbons (Fsp3) is 0.143. The number of hydrogen-bond acceptors (Lipinski definition) is 8. The van der Waals surface area contributed by atoms with Gasteiger partial charge in [0.2, 0.25) is 11.0 Å². The first-order valence-corrected chi connectivity index (χ1v) is 8.45. The summed E-state index contributed by atoms with van der Waals surface area (Å²) >= 11 is 0.952. The molecule has 3 heterocycles. The molecular weight excluding hydrogens is 423 g/mol. The maximum absolute atomic E-state index is 13.0. The number of aromatic nitrogens is 8. The normalized spacial score (nSPS) is 12.1. The van der Waals surface area contributed by atoms with E-state index in [-0.39, 0.29) is 15.8 Å². The monoisotopic (exact) mass is 430 g/mol. The third-order valence-electron chi connectivity index (χ3n) is 3.41. The van der Waals surface area contributed by atoms with Crippen molar-refractivity contribution in [3.8, 4) is 11.4 Å². The van der Waals surface area contributed by atoms with Crippen LogP contribution in [0.3, 0.4) is 0 Å². The lowest BCUT2D eigenvalue weighted by Crippen LogP contribution is -2.17. The average molecular weight is 430 g/mol. The van der Waals surface area contributed by atoms with Gasteiger partial charge in [0.1, 0.15) is 10.8 Å². The predicted molar refractivity (Wildman–Crippen MR) is 85.7 cm³/mol. The molecule has 0 amide bonds. The summed E-state index contributed by atoms with van der Waals surface area (Å²) in [6.45, 7) is 0. The second-order valence-electron chi connectivity index (χ2n) is 5.32. The molecular formula is C14H7F5N8OS. The van der Waals surface area contributed by atoms with Gasteiger partial charge in [0.15, 0.2) is 5.65 Å². The molecule has 0 saturated carbocycles. The van der Waals surface area contributed by atoms with Gasteiger partial charge in [0.05, 0.1) is 5.69 Å². The second kappa shape index (κ2) is 7.23. The molecule has 1 aromatic carbocycles. The van der Waals surface area contributed by atoms with Gasteiger partial charge in [-0.3, -0.25) is 0 Å². The van der Waals surface area contributed by atoms with E-state index in [1.54, 1.807) is 0 Å². The van der Waals surface area contributed by atoms with Gasteiger partial charge in [0, 0.05) is 0 Å². The van der Waals surface area contributed by atoms with Crippen LogP contribution in [0.2, 0.25) is 0 Å². The molecule has 9 nitrogen and oxygen atoms in total. The highest BCUT2D eigenvalue weighted by molar-refractivity contribution is 7.99. The number of alkyl halides is 5. The van der Waals surface area contributed by atoms with Crippen LogP contribution in [0.5, 0.6) is 5.75 Å². The lowest BCUT2D eigenvalue weighted by Gasteiger charge is -2.09. The van der Waals surface area contributed by atoms with Gasteiger partial charge in [-0.25, -0.2) is 8.78 Å². The van der Waals surface area contributed by atoms with E-state index in [0.29, 0.717) is 5.69 Å². The highest BCUT2D eigenvalue weighted by Crippen LogP contribution is 2.28. The highest BCUT2D eigenvalue weighted by atomic mass is 32.2. The van der Waals surface area contributed by atoms with Crippen LogP contribution in [-0.4, -0.2) is 46.4 Å². The minimum atomic E-state index is -4.80. The summed E-state index contributed by atoms with van der Waals surface area (Å²) in [7, 11) is 0. The van der Waals surface area contributed by atoms with E-state index >= 15 is 0 Å². The van der Waals surface area contributed by atoms with Gasteiger partial charge in [-0.2, -0.15) is 14.3 Å². The van der Waals surface area contributed by atoms with E-state index in [0.717, 1.165) is 28.4 Å². The van der Waals surface area contributed by atoms with E-state index in [9.17, 15) is 22.0 Å². The Morgan fingerprint density at radius 2 is 1.72 bits per heavy atom. The van der Waals surface area contributed by atoms with E-state index in [2.05, 4.69) is 35.6 Å². The third kappa shape index (κ3) is 4.08. The van der Waals surface area contributed by atoms with Crippen molar-refractivity contribution in [2.75, 3.05) is 0 Å². The molecule has 0 aliphatic rings. The zero-order valence-electron chi connectivity index (χ0n) is 13.8. The van der Waals surface area contributed by atoms with Crippen LogP contribution >= 0.6 is 11.8 Å². The molecule has 0 spiro atoms. The van der Waals surface area contributed by atoms with E-state index in [4.69, 9.17) is 0 Å². The molecule has 0 atom stereocenters. The summed E-state index contributed by atoms with van der Waals surface area (Å²) < 4.78 is 68.7. The Hall–Kier alpha value is -3.36. The number of hydrogen-bond donors (Lipinski definition) is 0. The van der Waals surface area contributed by atoms with Crippen molar-refractivity contribution in [1.82, 2.24) is 40.0 Å². The van der Waals surface area contributed by atoms with Crippen molar-refractivity contribution in [1.29, 1.82) is 0 Å². The fourth-order valence-corrected chi connectivity index (χ4v) is 3.02. The highest BCUT2D eigenvalue weighted by Gasteiger charge is 2.31. The molecule has 0 fully saturated rings. The molecule has 0 unspecified atom stereocenters. The van der Waals surface area contributed by atoms with Gasteiger partial charge >= 0.3 is 6.36 Å². The Labute approximate surface area is 161 Å². The quantitative estimate of drug-likeness (QED) is 0.446. The molecule has 15 heteroatoms. The summed E-state index contributed by atoms with van der Waals surface area (Å²) in [5.74, 6) is -1.01. The molecule has 4 aromatic rings. The topological polar surface area (TPSA) is 95.9 Å². The Kier molecular flexibility index (Phi) is 4.73. The van der Waals surface area contributed by atoms with Crippen LogP contribution in [-0.2, 0) is 0 Å². The number of rotatable bonds is 5. The number of halogens is 5. The van der Waals surface area contributed by atoms with E-state index < -0.39 is 24.4 Å². The molecule has 0 bridgehead atoms. The zero-order valence-corrected chi connectivity index (χ0v) is 14.6. The number of nitrogens with zero attached hydrogens (tertiary/aromatic N) is 8. The van der Waals surface area contributed by atoms with Crippen LogP contribution in [0.15, 0.2) is 46.6 Å². The molecule has 3 aromatic heterocycles. The molecule has 0 N–H and O–H groups in total. The lowest BCUT2D eigenvalue weighted by atomic mass is 10.3. The standard InChI is InChI=1S/C14H7F5N8OS/c15-11(16)12-21-20-9-5-6-10(23-27(9)12)29-13-22-24-25-26(13)7-1-3-8(4-2-7)28-14(17,18)19/h1-6,11H. The summed E-state index contributed by atoms with van der Waals surface area (Å²) in [4.78, 5) is 0. The Morgan fingerprint density at radius 1 is 0.966 bits per heavy atom. The Bertz CT molecular complexity index is 1140. The van der Waals surface area contributed by atoms with Crippen molar-refractivity contribution < 1.29 is 26.7 Å². The fourth-order valence-electron chi connectivity index (χ4n) is 2.27. The summed E-state index contributed by atoms with van der Waals surface area (Å²) in [6, 6.07) is 7.83. The van der Waals surface area contributed by atoms with Crippen LogP contribution in [0.4, 0.5) is 22.0 Å². The Balaban J connectivity index is 1.60. The first-order valence-electron chi connectivity index (χ1n) is 7.63. The molecule has 150 valence electrons. The SMILES string of the molecule is FC(F)c1nnc2ccc(Sc3nnnn3-c3ccc(OC(F)(F)F)cc3)nn12. The third-order valence-corrected chi connectivity index (χ3v) is 4.27. The van der Waals surface area contributed by atoms with Gasteiger partial charge in [-0.05, 0) is 58.6 Å². The first-order chi connectivity index (χ1) is 13.8. The number of benzene rings is 1. The van der Waals surface area contributed by atoms with Crippen molar-refractivity contribution in [2.45, 2.75) is 23.0 Å². The van der Waals surface area contributed by atoms with Gasteiger partial charge < -0.3 is 4.74 Å². The average Bonchev–Trinajstić information content (AvgIpc) is 3.27. The molecule has 29 heavy (non-hydrogen) atoms. The van der Waals surface area contributed by atoms with Gasteiger partial charge in [0.25, 0.3) is 6.43 Å². The predicted octanol–water partition coefficient (Wildman–Crippen LogP) is 3.09. The molecule has 0 aliphatic carbocycles. The van der Waals surface area contributed by atoms with Crippen LogP contribution in [0.25, 0.3) is 11.3 Å². The van der Waals surface area contributed by atoms with Crippen molar-refractivity contribution in [2.24, 2.45) is 0 Å². The van der Waals surface area contributed by atoms with Crippen molar-refractivity contribution in [3.05, 3.63) is 42.2 Å². The summed E-state index contributed by atoms with van der Waals surface area (Å²) in [5.41, 5.74) is 0.496. The first kappa shape index (κ1) is 19.0. The second-order valence-corrected chi connectivity index (χ2v) is 6.31. The number of fused-ring (bicyclic) bond motifs is 1. The maximum atomic E-state index is 13.0. The van der Waals surface area contributed by atoms with Crippen molar-refractivity contribution >= 4 is 17.4 Å². The van der Waals surface area contributed by atoms with E-state index in [1.807, 2.05) is 0 Å². The lowest BCUT2D eigenvalue weighted by molar-refractivity contribution is -0.274. The molecule has 0 saturated heterocycles. The largest absolute Gasteiger partial charge is 0.573 e. The minimum absolute atomic E-state index is 0.143. The van der Waals surface area contributed by atoms with Crippen LogP contribution < -0.4 is 4.74 Å². The summed E-state index contributed by atoms with van der Waals surface area (Å²) in [6.07, 6.45) is -7.67. The minimum Gasteiger partial charge on any atom is -0.406 e. The smallest absolute Gasteiger partial charge is 0.406 e. The zero-order chi connectivity index (χ0) is 20.6. The van der Waals surface area contributed by atoms with Crippen LogP contribution in [0.1, 0.15) is 12.2 Å². The Morgan fingerprint density at radius 3 is 2.41 bits per heavy atom. The summed E-state index contributed by atoms with van der Waals surface area (Å²) in [5, 5.41) is 22.6. The van der Waals surface area contributed by atoms with Crippen LogP contribution in [0, 0.1) is 0 Å². The van der Waals surface area contributed by atoms with E-state index in [1.165, 1.54) is 28.9 Å². The molecule has 4 rings (SSSR count). The maximum Gasteiger partial charge on any atom is 0.573 e. The molecule has 0 aliphatic heterocycles.